The molecule has 2 aromatic carbocycles. The van der Waals surface area contributed by atoms with Crippen molar-refractivity contribution in [3.8, 4) is 11.1 Å². The van der Waals surface area contributed by atoms with Crippen molar-refractivity contribution >= 4 is 45.0 Å². The first-order valence-corrected chi connectivity index (χ1v) is 10.9. The van der Waals surface area contributed by atoms with Gasteiger partial charge in [-0.3, -0.25) is 0 Å². The molecule has 7 nitrogen and oxygen atoms in total. The molecule has 8 heteroatoms. The number of anilines is 2. The second kappa shape index (κ2) is 7.98. The van der Waals surface area contributed by atoms with E-state index in [9.17, 15) is 0 Å². The molecule has 1 unspecified atom stereocenters. The molecule has 0 aliphatic carbocycles. The predicted octanol–water partition coefficient (Wildman–Crippen LogP) is 5.14. The third-order valence-electron chi connectivity index (χ3n) is 5.59. The molecule has 0 radical (unpaired) electrons. The Morgan fingerprint density at radius 2 is 2.03 bits per heavy atom. The van der Waals surface area contributed by atoms with Crippen LogP contribution in [0.3, 0.4) is 0 Å². The maximum absolute atomic E-state index is 6.62. The number of ether oxygens (including phenoxy) is 1. The number of halogens is 1. The average molecular weight is 438 g/mol. The molecule has 1 saturated heterocycles. The molecule has 5 rings (SSSR count). The fourth-order valence-corrected chi connectivity index (χ4v) is 4.37. The van der Waals surface area contributed by atoms with Crippen LogP contribution in [-0.4, -0.2) is 47.2 Å². The topological polar surface area (TPSA) is 76.3 Å². The summed E-state index contributed by atoms with van der Waals surface area (Å²) in [4.78, 5) is 2.26. The number of aromatic nitrogens is 3. The quantitative estimate of drug-likeness (QED) is 0.473. The zero-order valence-corrected chi connectivity index (χ0v) is 18.5. The minimum Gasteiger partial charge on any atom is -0.377 e. The highest BCUT2D eigenvalue weighted by Crippen LogP contribution is 2.39. The van der Waals surface area contributed by atoms with Gasteiger partial charge in [-0.25, -0.2) is 0 Å². The smallest absolute Gasteiger partial charge is 0.178 e. The SMILES string of the molecule is CC(C)Nc1noc2c(-c3ccc4c(N5CCOCC5C)nncc4c3)c(Cl)ccc12. The molecule has 1 aliphatic heterocycles. The van der Waals surface area contributed by atoms with Gasteiger partial charge in [0.15, 0.2) is 17.2 Å². The Morgan fingerprint density at radius 3 is 2.84 bits per heavy atom. The Bertz CT molecular complexity index is 1260. The summed E-state index contributed by atoms with van der Waals surface area (Å²) in [6.45, 7) is 8.44. The zero-order valence-electron chi connectivity index (χ0n) is 17.7. The van der Waals surface area contributed by atoms with E-state index in [1.807, 2.05) is 12.1 Å². The number of fused-ring (bicyclic) bond motifs is 2. The molecule has 0 bridgehead atoms. The molecule has 0 saturated carbocycles. The first kappa shape index (κ1) is 20.0. The first-order valence-electron chi connectivity index (χ1n) is 10.5. The maximum atomic E-state index is 6.62. The Balaban J connectivity index is 1.62. The van der Waals surface area contributed by atoms with Gasteiger partial charge >= 0.3 is 0 Å². The Kier molecular flexibility index (Phi) is 5.16. The number of rotatable bonds is 4. The van der Waals surface area contributed by atoms with Crippen molar-refractivity contribution in [3.63, 3.8) is 0 Å². The Labute approximate surface area is 185 Å². The molecule has 1 aliphatic rings. The largest absolute Gasteiger partial charge is 0.377 e. The summed E-state index contributed by atoms with van der Waals surface area (Å²) in [7, 11) is 0. The van der Waals surface area contributed by atoms with E-state index in [2.05, 4.69) is 64.5 Å². The lowest BCUT2D eigenvalue weighted by Gasteiger charge is -2.34. The molecule has 160 valence electrons. The Hall–Kier alpha value is -2.90. The van der Waals surface area contributed by atoms with E-state index in [-0.39, 0.29) is 12.1 Å². The average Bonchev–Trinajstić information content (AvgIpc) is 3.15. The summed E-state index contributed by atoms with van der Waals surface area (Å²) in [6, 6.07) is 10.5. The molecule has 3 heterocycles. The van der Waals surface area contributed by atoms with Gasteiger partial charge in [-0.2, -0.15) is 5.10 Å². The van der Waals surface area contributed by atoms with Gasteiger partial charge < -0.3 is 19.5 Å². The van der Waals surface area contributed by atoms with Crippen LogP contribution in [0.15, 0.2) is 41.1 Å². The lowest BCUT2D eigenvalue weighted by atomic mass is 10.00. The number of nitrogens with one attached hydrogen (secondary N) is 1. The number of hydrogen-bond acceptors (Lipinski definition) is 7. The zero-order chi connectivity index (χ0) is 21.5. The van der Waals surface area contributed by atoms with E-state index >= 15 is 0 Å². The van der Waals surface area contributed by atoms with E-state index in [1.54, 1.807) is 6.20 Å². The second-order valence-electron chi connectivity index (χ2n) is 8.22. The van der Waals surface area contributed by atoms with Crippen molar-refractivity contribution in [2.24, 2.45) is 0 Å². The van der Waals surface area contributed by atoms with Gasteiger partial charge in [-0.05, 0) is 50.6 Å². The van der Waals surface area contributed by atoms with Gasteiger partial charge in [-0.15, -0.1) is 5.10 Å². The maximum Gasteiger partial charge on any atom is 0.178 e. The fourth-order valence-electron chi connectivity index (χ4n) is 4.11. The van der Waals surface area contributed by atoms with Crippen LogP contribution in [-0.2, 0) is 4.74 Å². The van der Waals surface area contributed by atoms with E-state index in [0.29, 0.717) is 23.8 Å². The van der Waals surface area contributed by atoms with Gasteiger partial charge in [-0.1, -0.05) is 22.8 Å². The van der Waals surface area contributed by atoms with Crippen molar-refractivity contribution in [3.05, 3.63) is 41.6 Å². The first-order chi connectivity index (χ1) is 15.0. The van der Waals surface area contributed by atoms with Crippen LogP contribution in [0.1, 0.15) is 20.8 Å². The Morgan fingerprint density at radius 1 is 1.19 bits per heavy atom. The van der Waals surface area contributed by atoms with Crippen LogP contribution in [0.2, 0.25) is 5.02 Å². The van der Waals surface area contributed by atoms with Gasteiger partial charge in [0.25, 0.3) is 0 Å². The fraction of sp³-hybridized carbons (Fsp3) is 0.348. The molecule has 4 aromatic rings. The molecular weight excluding hydrogens is 414 g/mol. The van der Waals surface area contributed by atoms with Crippen LogP contribution in [0.25, 0.3) is 32.9 Å². The van der Waals surface area contributed by atoms with Gasteiger partial charge in [0.2, 0.25) is 0 Å². The molecule has 1 fully saturated rings. The third kappa shape index (κ3) is 3.58. The van der Waals surface area contributed by atoms with Crippen molar-refractivity contribution in [2.45, 2.75) is 32.9 Å². The number of morpholine rings is 1. The standard InChI is InChI=1S/C23H24ClN5O2/c1-13(2)26-22-18-6-7-19(24)20(21(18)31-28-22)15-4-5-17-16(10-15)11-25-27-23(17)29-8-9-30-12-14(29)3/h4-7,10-11,13-14H,8-9,12H2,1-3H3,(H,26,28). The molecule has 31 heavy (non-hydrogen) atoms. The molecule has 1 atom stereocenters. The minimum atomic E-state index is 0.243. The predicted molar refractivity (Wildman–Crippen MR) is 124 cm³/mol. The van der Waals surface area contributed by atoms with Gasteiger partial charge in [0, 0.05) is 28.9 Å². The molecule has 0 spiro atoms. The van der Waals surface area contributed by atoms with E-state index < -0.39 is 0 Å². The number of benzene rings is 2. The summed E-state index contributed by atoms with van der Waals surface area (Å²) < 4.78 is 11.3. The summed E-state index contributed by atoms with van der Waals surface area (Å²) >= 11 is 6.62. The third-order valence-corrected chi connectivity index (χ3v) is 5.90. The second-order valence-corrected chi connectivity index (χ2v) is 8.62. The van der Waals surface area contributed by atoms with Crippen molar-refractivity contribution in [2.75, 3.05) is 30.0 Å². The molecule has 1 N–H and O–H groups in total. The van der Waals surface area contributed by atoms with Gasteiger partial charge in [0.1, 0.15) is 0 Å². The highest BCUT2D eigenvalue weighted by molar-refractivity contribution is 6.35. The summed E-state index contributed by atoms with van der Waals surface area (Å²) in [6.07, 6.45) is 1.79. The minimum absolute atomic E-state index is 0.243. The summed E-state index contributed by atoms with van der Waals surface area (Å²) in [5.41, 5.74) is 2.44. The lowest BCUT2D eigenvalue weighted by molar-refractivity contribution is 0.0986. The van der Waals surface area contributed by atoms with E-state index in [1.165, 1.54) is 0 Å². The van der Waals surface area contributed by atoms with Crippen molar-refractivity contribution < 1.29 is 9.26 Å². The van der Waals surface area contributed by atoms with Crippen molar-refractivity contribution in [1.82, 2.24) is 15.4 Å². The van der Waals surface area contributed by atoms with Crippen LogP contribution >= 0.6 is 11.6 Å². The van der Waals surface area contributed by atoms with E-state index in [4.69, 9.17) is 20.9 Å². The number of nitrogens with zero attached hydrogens (tertiary/aromatic N) is 4. The van der Waals surface area contributed by atoms with Crippen LogP contribution < -0.4 is 10.2 Å². The van der Waals surface area contributed by atoms with Crippen LogP contribution in [0, 0.1) is 0 Å². The van der Waals surface area contributed by atoms with Crippen molar-refractivity contribution in [1.29, 1.82) is 0 Å². The monoisotopic (exact) mass is 437 g/mol. The van der Waals surface area contributed by atoms with Gasteiger partial charge in [0.05, 0.1) is 35.9 Å². The summed E-state index contributed by atoms with van der Waals surface area (Å²) in [5.74, 6) is 1.60. The summed E-state index contributed by atoms with van der Waals surface area (Å²) in [5, 5.41) is 19.8. The molecule has 0 amide bonds. The van der Waals surface area contributed by atoms with Crippen LogP contribution in [0.5, 0.6) is 0 Å². The van der Waals surface area contributed by atoms with Crippen LogP contribution in [0.4, 0.5) is 11.6 Å². The van der Waals surface area contributed by atoms with E-state index in [0.717, 1.165) is 45.5 Å². The number of hydrogen-bond donors (Lipinski definition) is 1. The molecule has 2 aromatic heterocycles. The highest BCUT2D eigenvalue weighted by Gasteiger charge is 2.23. The highest BCUT2D eigenvalue weighted by atomic mass is 35.5. The lowest BCUT2D eigenvalue weighted by Crippen LogP contribution is -2.44. The normalized spacial score (nSPS) is 17.1. The molecular formula is C23H24ClN5O2.